The number of aliphatic imine (C=N–C) groups is 1. The quantitative estimate of drug-likeness (QED) is 0.473. The highest BCUT2D eigenvalue weighted by Gasteiger charge is 2.37. The lowest BCUT2D eigenvalue weighted by atomic mass is 9.84. The van der Waals surface area contributed by atoms with Crippen LogP contribution in [0.25, 0.3) is 0 Å². The van der Waals surface area contributed by atoms with Crippen LogP contribution in [0.5, 0.6) is 0 Å². The van der Waals surface area contributed by atoms with Crippen molar-refractivity contribution in [2.45, 2.75) is 32.4 Å². The number of halogens is 3. The Morgan fingerprint density at radius 2 is 1.79 bits per heavy atom. The van der Waals surface area contributed by atoms with Crippen molar-refractivity contribution < 1.29 is 27.4 Å². The minimum Gasteiger partial charge on any atom is -0.484 e. The molecule has 6 nitrogen and oxygen atoms in total. The number of carbonyl (C=O) groups excluding carboxylic acids is 1. The van der Waals surface area contributed by atoms with Gasteiger partial charge in [-0.2, -0.15) is 13.2 Å². The molecule has 2 fully saturated rings. The molecule has 0 aliphatic carbocycles. The Hall–Kier alpha value is -2.55. The monoisotopic (exact) mass is 467 g/mol. The number of rotatable bonds is 4. The molecular formula is C24H32F3N3O3. The Morgan fingerprint density at radius 1 is 1.15 bits per heavy atom. The lowest BCUT2D eigenvalue weighted by Crippen LogP contribution is -2.53. The van der Waals surface area contributed by atoms with E-state index in [1.807, 2.05) is 13.8 Å². The molecule has 0 N–H and O–H groups in total. The fourth-order valence-corrected chi connectivity index (χ4v) is 4.15. The second-order valence-electron chi connectivity index (χ2n) is 8.84. The van der Waals surface area contributed by atoms with Gasteiger partial charge < -0.3 is 19.3 Å². The first-order valence-electron chi connectivity index (χ1n) is 11.2. The summed E-state index contributed by atoms with van der Waals surface area (Å²) >= 11 is 0. The smallest absolute Gasteiger partial charge is 0.416 e. The molecule has 0 aromatic heterocycles. The van der Waals surface area contributed by atoms with Gasteiger partial charge in [0.15, 0.2) is 5.90 Å². The number of amides is 2. The summed E-state index contributed by atoms with van der Waals surface area (Å²) in [5.74, 6) is 0.279. The molecular weight excluding hydrogens is 435 g/mol. The normalized spacial score (nSPS) is 22.5. The number of hydrogen-bond acceptors (Lipinski definition) is 4. The van der Waals surface area contributed by atoms with Crippen LogP contribution < -0.4 is 0 Å². The number of ether oxygens (including phenoxy) is 2. The fourth-order valence-electron chi connectivity index (χ4n) is 4.15. The summed E-state index contributed by atoms with van der Waals surface area (Å²) in [5, 5.41) is 0. The van der Waals surface area contributed by atoms with Crippen LogP contribution in [0.15, 0.2) is 41.5 Å². The molecule has 2 heterocycles. The van der Waals surface area contributed by atoms with Crippen molar-refractivity contribution in [3.8, 4) is 0 Å². The first kappa shape index (κ1) is 25.1. The SMILES string of the molecule is C=C(N=C(OC)C1CC(c2ccc(C(F)(F)F)cc2)CN(C(=O)N2CCOCC2)C1)C(C)C. The number of morpholine rings is 1. The van der Waals surface area contributed by atoms with E-state index in [1.54, 1.807) is 16.9 Å². The zero-order valence-corrected chi connectivity index (χ0v) is 19.4. The number of urea groups is 1. The van der Waals surface area contributed by atoms with Gasteiger partial charge in [-0.15, -0.1) is 0 Å². The van der Waals surface area contributed by atoms with Crippen LogP contribution in [0.1, 0.15) is 37.3 Å². The number of hydrogen-bond donors (Lipinski definition) is 0. The number of allylic oxidation sites excluding steroid dienone is 1. The molecule has 2 saturated heterocycles. The second-order valence-corrected chi connectivity index (χ2v) is 8.84. The molecule has 1 aromatic rings. The number of methoxy groups -OCH3 is 1. The standard InChI is InChI=1S/C24H32F3N3O3/c1-16(2)17(3)28-22(32-4)20-13-19(18-5-7-21(8-6-18)24(25,26)27)14-30(15-20)23(31)29-9-11-33-12-10-29/h5-8,16,19-20H,3,9-15H2,1-2,4H3. The molecule has 33 heavy (non-hydrogen) atoms. The van der Waals surface area contributed by atoms with Crippen LogP contribution in [-0.2, 0) is 15.7 Å². The molecule has 1 aromatic carbocycles. The van der Waals surface area contributed by atoms with Gasteiger partial charge in [0.25, 0.3) is 0 Å². The summed E-state index contributed by atoms with van der Waals surface area (Å²) in [6, 6.07) is 5.10. The number of likely N-dealkylation sites (tertiary alicyclic amines) is 1. The second kappa shape index (κ2) is 10.6. The number of carbonyl (C=O) groups is 1. The number of piperidine rings is 1. The van der Waals surface area contributed by atoms with E-state index in [1.165, 1.54) is 12.1 Å². The molecule has 2 aliphatic heterocycles. The lowest BCUT2D eigenvalue weighted by molar-refractivity contribution is -0.137. The van der Waals surface area contributed by atoms with Crippen LogP contribution in [-0.4, -0.2) is 68.2 Å². The van der Waals surface area contributed by atoms with Crippen molar-refractivity contribution in [1.82, 2.24) is 9.80 Å². The predicted octanol–water partition coefficient (Wildman–Crippen LogP) is 4.78. The van der Waals surface area contributed by atoms with Crippen molar-refractivity contribution in [2.75, 3.05) is 46.5 Å². The molecule has 0 radical (unpaired) electrons. The van der Waals surface area contributed by atoms with E-state index in [2.05, 4.69) is 11.6 Å². The van der Waals surface area contributed by atoms with Gasteiger partial charge >= 0.3 is 12.2 Å². The summed E-state index contributed by atoms with van der Waals surface area (Å²) in [5.41, 5.74) is 0.743. The van der Waals surface area contributed by atoms with E-state index in [0.717, 1.165) is 17.7 Å². The lowest BCUT2D eigenvalue weighted by Gasteiger charge is -2.41. The maximum Gasteiger partial charge on any atom is 0.416 e. The minimum atomic E-state index is -4.39. The fraction of sp³-hybridized carbons (Fsp3) is 0.583. The molecule has 0 spiro atoms. The molecule has 9 heteroatoms. The molecule has 0 saturated carbocycles. The van der Waals surface area contributed by atoms with Crippen LogP contribution in [0.4, 0.5) is 18.0 Å². The van der Waals surface area contributed by atoms with Crippen molar-refractivity contribution in [1.29, 1.82) is 0 Å². The minimum absolute atomic E-state index is 0.0990. The van der Waals surface area contributed by atoms with Gasteiger partial charge in [0.1, 0.15) is 0 Å². The van der Waals surface area contributed by atoms with Crippen LogP contribution >= 0.6 is 0 Å². The Labute approximate surface area is 193 Å². The Kier molecular flexibility index (Phi) is 8.05. The average molecular weight is 468 g/mol. The molecule has 2 unspecified atom stereocenters. The Balaban J connectivity index is 1.88. The molecule has 2 atom stereocenters. The summed E-state index contributed by atoms with van der Waals surface area (Å²) in [6.07, 6.45) is -3.78. The first-order chi connectivity index (χ1) is 15.6. The van der Waals surface area contributed by atoms with Crippen molar-refractivity contribution in [2.24, 2.45) is 16.8 Å². The maximum absolute atomic E-state index is 13.3. The van der Waals surface area contributed by atoms with Crippen molar-refractivity contribution in [3.63, 3.8) is 0 Å². The van der Waals surface area contributed by atoms with E-state index < -0.39 is 11.7 Å². The molecule has 0 bridgehead atoms. The van der Waals surface area contributed by atoms with E-state index in [9.17, 15) is 18.0 Å². The average Bonchev–Trinajstić information content (AvgIpc) is 2.81. The highest BCUT2D eigenvalue weighted by Crippen LogP contribution is 2.35. The highest BCUT2D eigenvalue weighted by atomic mass is 19.4. The van der Waals surface area contributed by atoms with Gasteiger partial charge in [0.05, 0.1) is 31.8 Å². The maximum atomic E-state index is 13.3. The summed E-state index contributed by atoms with van der Waals surface area (Å²) in [7, 11) is 1.54. The van der Waals surface area contributed by atoms with Gasteiger partial charge in [-0.3, -0.25) is 0 Å². The van der Waals surface area contributed by atoms with Gasteiger partial charge in [-0.25, -0.2) is 9.79 Å². The topological polar surface area (TPSA) is 54.4 Å². The van der Waals surface area contributed by atoms with Gasteiger partial charge in [-0.05, 0) is 30.0 Å². The van der Waals surface area contributed by atoms with Gasteiger partial charge in [0.2, 0.25) is 0 Å². The number of nitrogens with zero attached hydrogens (tertiary/aromatic N) is 3. The van der Waals surface area contributed by atoms with Crippen molar-refractivity contribution >= 4 is 11.9 Å². The third-order valence-corrected chi connectivity index (χ3v) is 6.19. The van der Waals surface area contributed by atoms with Gasteiger partial charge in [0, 0.05) is 37.8 Å². The summed E-state index contributed by atoms with van der Waals surface area (Å²) < 4.78 is 50.0. The number of benzene rings is 1. The van der Waals surface area contributed by atoms with Crippen LogP contribution in [0.2, 0.25) is 0 Å². The van der Waals surface area contributed by atoms with E-state index >= 15 is 0 Å². The molecule has 2 amide bonds. The largest absolute Gasteiger partial charge is 0.484 e. The highest BCUT2D eigenvalue weighted by molar-refractivity contribution is 5.82. The third kappa shape index (κ3) is 6.28. The first-order valence-corrected chi connectivity index (χ1v) is 11.2. The predicted molar refractivity (Wildman–Crippen MR) is 120 cm³/mol. The Morgan fingerprint density at radius 3 is 2.33 bits per heavy atom. The van der Waals surface area contributed by atoms with Crippen molar-refractivity contribution in [3.05, 3.63) is 47.7 Å². The zero-order valence-electron chi connectivity index (χ0n) is 19.4. The molecule has 182 valence electrons. The van der Waals surface area contributed by atoms with E-state index in [-0.39, 0.29) is 23.8 Å². The van der Waals surface area contributed by atoms with E-state index in [0.29, 0.717) is 57.4 Å². The Bertz CT molecular complexity index is 862. The van der Waals surface area contributed by atoms with E-state index in [4.69, 9.17) is 9.47 Å². The van der Waals surface area contributed by atoms with Crippen LogP contribution in [0.3, 0.4) is 0 Å². The van der Waals surface area contributed by atoms with Gasteiger partial charge in [-0.1, -0.05) is 32.6 Å². The molecule has 3 rings (SSSR count). The number of alkyl halides is 3. The zero-order chi connectivity index (χ0) is 24.2. The molecule has 2 aliphatic rings. The summed E-state index contributed by atoms with van der Waals surface area (Å²) in [6.45, 7) is 10.8. The van der Waals surface area contributed by atoms with Crippen LogP contribution in [0, 0.1) is 11.8 Å². The summed E-state index contributed by atoms with van der Waals surface area (Å²) in [4.78, 5) is 21.3. The third-order valence-electron chi connectivity index (χ3n) is 6.19.